The zero-order valence-corrected chi connectivity index (χ0v) is 13.5. The number of carbonyl (C=O) groups excluding carboxylic acids is 1. The van der Waals surface area contributed by atoms with Gasteiger partial charge in [-0.3, -0.25) is 4.79 Å². The summed E-state index contributed by atoms with van der Waals surface area (Å²) in [6.45, 7) is 1.87. The van der Waals surface area contributed by atoms with Crippen LogP contribution < -0.4 is 5.32 Å². The maximum atomic E-state index is 11.8. The number of amides is 1. The lowest BCUT2D eigenvalue weighted by Gasteiger charge is -2.15. The normalized spacial score (nSPS) is 17.7. The molecule has 0 unspecified atom stereocenters. The SMILES string of the molecule is CCC(=O)N[C@H]1CC=CCCCc2ccccc2-c2cnc1[nH]2. The molecule has 2 bridgehead atoms. The highest BCUT2D eigenvalue weighted by atomic mass is 16.1. The first-order valence-corrected chi connectivity index (χ1v) is 8.35. The standard InChI is InChI=1S/C19H23N3O/c1-2-18(23)21-16-12-6-4-3-5-9-14-10-7-8-11-15(14)17-13-20-19(16)22-17/h4,6-8,10-11,13,16H,2-3,5,9,12H2,1H3,(H,20,22)(H,21,23)/t16-/m0/s1. The van der Waals surface area contributed by atoms with Gasteiger partial charge >= 0.3 is 0 Å². The number of imidazole rings is 1. The van der Waals surface area contributed by atoms with E-state index in [4.69, 9.17) is 0 Å². The van der Waals surface area contributed by atoms with Crippen molar-refractivity contribution >= 4 is 5.91 Å². The second kappa shape index (κ2) is 7.27. The van der Waals surface area contributed by atoms with Crippen molar-refractivity contribution in [1.29, 1.82) is 0 Å². The first kappa shape index (κ1) is 15.5. The predicted octanol–water partition coefficient (Wildman–Crippen LogP) is 3.93. The zero-order valence-electron chi connectivity index (χ0n) is 13.5. The Labute approximate surface area is 137 Å². The smallest absolute Gasteiger partial charge is 0.220 e. The molecule has 2 heterocycles. The van der Waals surface area contributed by atoms with Crippen molar-refractivity contribution in [3.63, 3.8) is 0 Å². The van der Waals surface area contributed by atoms with Crippen LogP contribution in [0.2, 0.25) is 0 Å². The molecule has 0 radical (unpaired) electrons. The number of nitrogens with zero attached hydrogens (tertiary/aromatic N) is 1. The average Bonchev–Trinajstić information content (AvgIpc) is 3.06. The predicted molar refractivity (Wildman–Crippen MR) is 91.9 cm³/mol. The third-order valence-corrected chi connectivity index (χ3v) is 4.24. The molecule has 1 aromatic heterocycles. The number of rotatable bonds is 2. The van der Waals surface area contributed by atoms with E-state index in [0.717, 1.165) is 37.2 Å². The molecule has 2 aromatic rings. The van der Waals surface area contributed by atoms with Crippen LogP contribution in [0.5, 0.6) is 0 Å². The maximum Gasteiger partial charge on any atom is 0.220 e. The molecule has 0 aliphatic carbocycles. The van der Waals surface area contributed by atoms with Gasteiger partial charge in [-0.15, -0.1) is 0 Å². The fourth-order valence-electron chi connectivity index (χ4n) is 2.95. The number of nitrogens with one attached hydrogen (secondary N) is 2. The number of hydrogen-bond donors (Lipinski definition) is 2. The summed E-state index contributed by atoms with van der Waals surface area (Å²) >= 11 is 0. The fraction of sp³-hybridized carbons (Fsp3) is 0.368. The van der Waals surface area contributed by atoms with Gasteiger partial charge < -0.3 is 10.3 Å². The monoisotopic (exact) mass is 309 g/mol. The summed E-state index contributed by atoms with van der Waals surface area (Å²) in [6.07, 6.45) is 10.7. The van der Waals surface area contributed by atoms with Gasteiger partial charge in [0.05, 0.1) is 17.9 Å². The number of fused-ring (bicyclic) bond motifs is 4. The first-order valence-electron chi connectivity index (χ1n) is 8.35. The Hall–Kier alpha value is -2.36. The number of benzene rings is 1. The first-order chi connectivity index (χ1) is 11.3. The van der Waals surface area contributed by atoms with Crippen molar-refractivity contribution in [3.8, 4) is 11.3 Å². The molecule has 1 amide bonds. The van der Waals surface area contributed by atoms with Crippen LogP contribution in [0.4, 0.5) is 0 Å². The molecule has 23 heavy (non-hydrogen) atoms. The van der Waals surface area contributed by atoms with Crippen LogP contribution in [0.25, 0.3) is 11.3 Å². The molecule has 1 aromatic carbocycles. The molecule has 2 N–H and O–H groups in total. The van der Waals surface area contributed by atoms with E-state index in [2.05, 4.69) is 51.7 Å². The van der Waals surface area contributed by atoms with Gasteiger partial charge in [-0.2, -0.15) is 0 Å². The van der Waals surface area contributed by atoms with E-state index in [0.29, 0.717) is 6.42 Å². The van der Waals surface area contributed by atoms with Gasteiger partial charge in [-0.05, 0) is 31.2 Å². The molecule has 1 aliphatic heterocycles. The van der Waals surface area contributed by atoms with E-state index < -0.39 is 0 Å². The van der Waals surface area contributed by atoms with Crippen LogP contribution in [0.3, 0.4) is 0 Å². The van der Waals surface area contributed by atoms with E-state index in [1.54, 1.807) is 0 Å². The summed E-state index contributed by atoms with van der Waals surface area (Å²) in [5, 5.41) is 3.06. The van der Waals surface area contributed by atoms with Crippen molar-refractivity contribution in [2.45, 2.75) is 45.1 Å². The van der Waals surface area contributed by atoms with Crippen molar-refractivity contribution in [1.82, 2.24) is 15.3 Å². The molecule has 120 valence electrons. The van der Waals surface area contributed by atoms with Crippen LogP contribution in [0.15, 0.2) is 42.6 Å². The molecule has 3 rings (SSSR count). The molecule has 4 heteroatoms. The highest BCUT2D eigenvalue weighted by molar-refractivity contribution is 5.76. The number of H-pyrrole nitrogens is 1. The Balaban J connectivity index is 1.96. The number of aromatic amines is 1. The summed E-state index contributed by atoms with van der Waals surface area (Å²) in [5.74, 6) is 0.871. The molecular formula is C19H23N3O. The Kier molecular flexibility index (Phi) is 4.91. The van der Waals surface area contributed by atoms with Crippen LogP contribution in [0, 0.1) is 0 Å². The topological polar surface area (TPSA) is 57.8 Å². The summed E-state index contributed by atoms with van der Waals surface area (Å²) < 4.78 is 0. The van der Waals surface area contributed by atoms with Crippen LogP contribution >= 0.6 is 0 Å². The minimum absolute atomic E-state index is 0.0499. The van der Waals surface area contributed by atoms with Gasteiger partial charge in [0.25, 0.3) is 0 Å². The molecule has 0 spiro atoms. The minimum atomic E-state index is -0.0981. The van der Waals surface area contributed by atoms with Crippen molar-refractivity contribution in [2.24, 2.45) is 0 Å². The largest absolute Gasteiger partial charge is 0.346 e. The Morgan fingerprint density at radius 1 is 1.35 bits per heavy atom. The third kappa shape index (κ3) is 3.70. The van der Waals surface area contributed by atoms with Gasteiger partial charge in [-0.1, -0.05) is 43.3 Å². The summed E-state index contributed by atoms with van der Waals surface area (Å²) in [7, 11) is 0. The molecule has 4 nitrogen and oxygen atoms in total. The van der Waals surface area contributed by atoms with E-state index in [9.17, 15) is 4.79 Å². The molecule has 0 saturated heterocycles. The average molecular weight is 309 g/mol. The number of aromatic nitrogens is 2. The Bertz CT molecular complexity index is 702. The number of aryl methyl sites for hydroxylation is 1. The second-order valence-electron chi connectivity index (χ2n) is 5.91. The van der Waals surface area contributed by atoms with Gasteiger partial charge in [0.2, 0.25) is 5.91 Å². The number of hydrogen-bond acceptors (Lipinski definition) is 2. The lowest BCUT2D eigenvalue weighted by atomic mass is 9.99. The van der Waals surface area contributed by atoms with Crippen molar-refractivity contribution in [3.05, 3.63) is 54.0 Å². The van der Waals surface area contributed by atoms with E-state index in [1.165, 1.54) is 11.1 Å². The highest BCUT2D eigenvalue weighted by Crippen LogP contribution is 2.26. The Morgan fingerprint density at radius 2 is 2.22 bits per heavy atom. The summed E-state index contributed by atoms with van der Waals surface area (Å²) in [6, 6.07) is 8.36. The van der Waals surface area contributed by atoms with Gasteiger partial charge in [0, 0.05) is 12.0 Å². The number of carbonyl (C=O) groups is 1. The molecule has 1 aliphatic rings. The fourth-order valence-corrected chi connectivity index (χ4v) is 2.95. The molecule has 0 saturated carbocycles. The van der Waals surface area contributed by atoms with Gasteiger partial charge in [-0.25, -0.2) is 4.98 Å². The van der Waals surface area contributed by atoms with E-state index >= 15 is 0 Å². The van der Waals surface area contributed by atoms with Crippen LogP contribution in [-0.4, -0.2) is 15.9 Å². The second-order valence-corrected chi connectivity index (χ2v) is 5.91. The Morgan fingerprint density at radius 3 is 3.09 bits per heavy atom. The zero-order chi connectivity index (χ0) is 16.1. The lowest BCUT2D eigenvalue weighted by molar-refractivity contribution is -0.121. The molecule has 0 fully saturated rings. The van der Waals surface area contributed by atoms with Gasteiger partial charge in [0.15, 0.2) is 0 Å². The van der Waals surface area contributed by atoms with Crippen molar-refractivity contribution < 1.29 is 4.79 Å². The highest BCUT2D eigenvalue weighted by Gasteiger charge is 2.17. The van der Waals surface area contributed by atoms with Crippen LogP contribution in [-0.2, 0) is 11.2 Å². The quantitative estimate of drug-likeness (QED) is 0.826. The number of allylic oxidation sites excluding steroid dienone is 1. The maximum absolute atomic E-state index is 11.8. The summed E-state index contributed by atoms with van der Waals surface area (Å²) in [4.78, 5) is 19.7. The van der Waals surface area contributed by atoms with Crippen molar-refractivity contribution in [2.75, 3.05) is 0 Å². The third-order valence-electron chi connectivity index (χ3n) is 4.24. The summed E-state index contributed by atoms with van der Waals surface area (Å²) in [5.41, 5.74) is 3.57. The van der Waals surface area contributed by atoms with E-state index in [-0.39, 0.29) is 11.9 Å². The van der Waals surface area contributed by atoms with Gasteiger partial charge in [0.1, 0.15) is 5.82 Å². The van der Waals surface area contributed by atoms with E-state index in [1.807, 2.05) is 13.1 Å². The lowest BCUT2D eigenvalue weighted by Crippen LogP contribution is -2.28. The molecule has 1 atom stereocenters. The molecular weight excluding hydrogens is 286 g/mol. The van der Waals surface area contributed by atoms with Crippen LogP contribution in [0.1, 0.15) is 50.0 Å². The minimum Gasteiger partial charge on any atom is -0.346 e.